The van der Waals surface area contributed by atoms with Gasteiger partial charge in [-0.25, -0.2) is 4.39 Å². The van der Waals surface area contributed by atoms with Crippen molar-refractivity contribution in [3.8, 4) is 0 Å². The molecule has 19 heavy (non-hydrogen) atoms. The van der Waals surface area contributed by atoms with Gasteiger partial charge in [-0.2, -0.15) is 0 Å². The van der Waals surface area contributed by atoms with Crippen molar-refractivity contribution in [2.24, 2.45) is 11.7 Å². The van der Waals surface area contributed by atoms with Crippen molar-refractivity contribution < 1.29 is 4.39 Å². The summed E-state index contributed by atoms with van der Waals surface area (Å²) in [4.78, 5) is 6.29. The number of hydrogen-bond donors (Lipinski definition) is 1. The van der Waals surface area contributed by atoms with Crippen molar-refractivity contribution in [2.75, 3.05) is 13.6 Å². The number of rotatable bonds is 4. The fraction of sp³-hybridized carbons (Fsp3) is 0.667. The van der Waals surface area contributed by atoms with Crippen LogP contribution in [0.15, 0.2) is 18.5 Å². The van der Waals surface area contributed by atoms with E-state index < -0.39 is 0 Å². The largest absolute Gasteiger partial charge is 0.330 e. The third kappa shape index (κ3) is 3.31. The van der Waals surface area contributed by atoms with Crippen LogP contribution in [-0.4, -0.2) is 29.5 Å². The van der Waals surface area contributed by atoms with Crippen LogP contribution in [0, 0.1) is 11.7 Å². The summed E-state index contributed by atoms with van der Waals surface area (Å²) in [7, 11) is 2.12. The lowest BCUT2D eigenvalue weighted by atomic mass is 9.83. The van der Waals surface area contributed by atoms with Gasteiger partial charge in [0.05, 0.1) is 6.20 Å². The molecule has 0 bridgehead atoms. The topological polar surface area (TPSA) is 42.2 Å². The van der Waals surface area contributed by atoms with Gasteiger partial charge < -0.3 is 5.73 Å². The number of nitrogens with two attached hydrogens (primary N) is 1. The summed E-state index contributed by atoms with van der Waals surface area (Å²) in [5.41, 5.74) is 6.83. The van der Waals surface area contributed by atoms with Crippen LogP contribution in [0.4, 0.5) is 4.39 Å². The van der Waals surface area contributed by atoms with Crippen molar-refractivity contribution in [3.05, 3.63) is 29.8 Å². The summed E-state index contributed by atoms with van der Waals surface area (Å²) in [6.45, 7) is 2.85. The van der Waals surface area contributed by atoms with Gasteiger partial charge >= 0.3 is 0 Å². The minimum Gasteiger partial charge on any atom is -0.330 e. The van der Waals surface area contributed by atoms with Crippen LogP contribution in [0.2, 0.25) is 0 Å². The molecule has 0 radical (unpaired) electrons. The molecule has 0 spiro atoms. The van der Waals surface area contributed by atoms with Crippen molar-refractivity contribution in [2.45, 2.75) is 44.7 Å². The standard InChI is InChI=1S/C15H24FN3/c1-11(13-7-14(16)10-18-9-13)19(2)15-6-4-3-5-12(15)8-17/h7,9-12,15H,3-6,8,17H2,1-2H3. The number of aromatic nitrogens is 1. The van der Waals surface area contributed by atoms with Gasteiger partial charge in [0.1, 0.15) is 5.82 Å². The van der Waals surface area contributed by atoms with E-state index in [0.717, 1.165) is 12.1 Å². The Morgan fingerprint density at radius 1 is 1.42 bits per heavy atom. The molecule has 1 aromatic heterocycles. The molecule has 4 heteroatoms. The predicted molar refractivity (Wildman–Crippen MR) is 75.2 cm³/mol. The second-order valence-corrected chi connectivity index (χ2v) is 5.63. The average molecular weight is 265 g/mol. The van der Waals surface area contributed by atoms with Crippen molar-refractivity contribution in [3.63, 3.8) is 0 Å². The third-order valence-electron chi connectivity index (χ3n) is 4.51. The molecule has 2 rings (SSSR count). The van der Waals surface area contributed by atoms with E-state index in [1.807, 2.05) is 0 Å². The van der Waals surface area contributed by atoms with Gasteiger partial charge in [0, 0.05) is 18.3 Å². The lowest BCUT2D eigenvalue weighted by Gasteiger charge is -2.40. The van der Waals surface area contributed by atoms with Crippen LogP contribution < -0.4 is 5.73 Å². The normalized spacial score (nSPS) is 25.5. The molecule has 0 amide bonds. The Labute approximate surface area is 115 Å². The van der Waals surface area contributed by atoms with Gasteiger partial charge in [0.15, 0.2) is 0 Å². The monoisotopic (exact) mass is 265 g/mol. The van der Waals surface area contributed by atoms with Crippen LogP contribution in [-0.2, 0) is 0 Å². The zero-order valence-electron chi connectivity index (χ0n) is 11.8. The lowest BCUT2D eigenvalue weighted by Crippen LogP contribution is -2.44. The Morgan fingerprint density at radius 3 is 2.84 bits per heavy atom. The van der Waals surface area contributed by atoms with E-state index in [-0.39, 0.29) is 11.9 Å². The first-order valence-electron chi connectivity index (χ1n) is 7.16. The predicted octanol–water partition coefficient (Wildman–Crippen LogP) is 2.73. The van der Waals surface area contributed by atoms with Gasteiger partial charge in [0.2, 0.25) is 0 Å². The first-order chi connectivity index (χ1) is 9.13. The first-order valence-corrected chi connectivity index (χ1v) is 7.16. The van der Waals surface area contributed by atoms with E-state index in [9.17, 15) is 4.39 Å². The van der Waals surface area contributed by atoms with Crippen molar-refractivity contribution in [1.29, 1.82) is 0 Å². The highest BCUT2D eigenvalue weighted by Crippen LogP contribution is 2.32. The van der Waals surface area contributed by atoms with E-state index in [0.29, 0.717) is 12.0 Å². The van der Waals surface area contributed by atoms with Gasteiger partial charge in [-0.1, -0.05) is 12.8 Å². The number of halogens is 1. The molecule has 0 saturated heterocycles. The Bertz CT molecular complexity index is 410. The zero-order valence-corrected chi connectivity index (χ0v) is 11.8. The second kappa shape index (κ2) is 6.44. The molecule has 1 fully saturated rings. The van der Waals surface area contributed by atoms with Crippen LogP contribution in [0.1, 0.15) is 44.2 Å². The molecule has 1 aromatic rings. The maximum Gasteiger partial charge on any atom is 0.141 e. The van der Waals surface area contributed by atoms with E-state index in [1.165, 1.54) is 31.9 Å². The molecule has 1 aliphatic rings. The summed E-state index contributed by atoms with van der Waals surface area (Å²) in [5, 5.41) is 0. The van der Waals surface area contributed by atoms with Gasteiger partial charge in [-0.15, -0.1) is 0 Å². The summed E-state index contributed by atoms with van der Waals surface area (Å²) in [6, 6.07) is 2.24. The maximum atomic E-state index is 13.3. The number of hydrogen-bond acceptors (Lipinski definition) is 3. The van der Waals surface area contributed by atoms with E-state index in [2.05, 4.69) is 23.9 Å². The molecule has 0 aromatic carbocycles. The molecular formula is C15H24FN3. The average Bonchev–Trinajstić information content (AvgIpc) is 2.45. The van der Waals surface area contributed by atoms with Gasteiger partial charge in [0.25, 0.3) is 0 Å². The maximum absolute atomic E-state index is 13.3. The third-order valence-corrected chi connectivity index (χ3v) is 4.51. The molecule has 1 saturated carbocycles. The van der Waals surface area contributed by atoms with E-state index in [1.54, 1.807) is 12.3 Å². The van der Waals surface area contributed by atoms with Crippen LogP contribution in [0.5, 0.6) is 0 Å². The molecule has 3 unspecified atom stereocenters. The molecular weight excluding hydrogens is 241 g/mol. The highest BCUT2D eigenvalue weighted by molar-refractivity contribution is 5.14. The van der Waals surface area contributed by atoms with Crippen LogP contribution >= 0.6 is 0 Å². The van der Waals surface area contributed by atoms with E-state index >= 15 is 0 Å². The quantitative estimate of drug-likeness (QED) is 0.910. The molecule has 106 valence electrons. The van der Waals surface area contributed by atoms with Crippen molar-refractivity contribution >= 4 is 0 Å². The number of nitrogens with zero attached hydrogens (tertiary/aromatic N) is 2. The SMILES string of the molecule is CC(c1cncc(F)c1)N(C)C1CCCCC1CN. The Balaban J connectivity index is 2.11. The summed E-state index contributed by atoms with van der Waals surface area (Å²) in [6.07, 6.45) is 7.94. The second-order valence-electron chi connectivity index (χ2n) is 5.63. The minimum absolute atomic E-state index is 0.167. The highest BCUT2D eigenvalue weighted by atomic mass is 19.1. The van der Waals surface area contributed by atoms with Gasteiger partial charge in [-0.3, -0.25) is 9.88 Å². The smallest absolute Gasteiger partial charge is 0.141 e. The zero-order chi connectivity index (χ0) is 13.8. The molecule has 0 aliphatic heterocycles. The van der Waals surface area contributed by atoms with Crippen molar-refractivity contribution in [1.82, 2.24) is 9.88 Å². The van der Waals surface area contributed by atoms with Gasteiger partial charge in [-0.05, 0) is 50.9 Å². The minimum atomic E-state index is -0.267. The van der Waals surface area contributed by atoms with Crippen LogP contribution in [0.3, 0.4) is 0 Å². The fourth-order valence-electron chi connectivity index (χ4n) is 3.18. The summed E-state index contributed by atoms with van der Waals surface area (Å²) >= 11 is 0. The molecule has 1 heterocycles. The molecule has 3 atom stereocenters. The molecule has 2 N–H and O–H groups in total. The summed E-state index contributed by atoms with van der Waals surface area (Å²) < 4.78 is 13.3. The summed E-state index contributed by atoms with van der Waals surface area (Å²) in [5.74, 6) is 0.291. The molecule has 3 nitrogen and oxygen atoms in total. The first kappa shape index (κ1) is 14.4. The highest BCUT2D eigenvalue weighted by Gasteiger charge is 2.30. The van der Waals surface area contributed by atoms with Crippen LogP contribution in [0.25, 0.3) is 0 Å². The Hall–Kier alpha value is -1.00. The Morgan fingerprint density at radius 2 is 2.16 bits per heavy atom. The lowest BCUT2D eigenvalue weighted by molar-refractivity contribution is 0.0986. The van der Waals surface area contributed by atoms with E-state index in [4.69, 9.17) is 5.73 Å². The fourth-order valence-corrected chi connectivity index (χ4v) is 3.18. The molecule has 1 aliphatic carbocycles. The Kier molecular flexibility index (Phi) is 4.88. The number of pyridine rings is 1.